The van der Waals surface area contributed by atoms with E-state index in [-0.39, 0.29) is 17.2 Å². The average molecular weight is 553 g/mol. The van der Waals surface area contributed by atoms with E-state index in [9.17, 15) is 4.79 Å². The van der Waals surface area contributed by atoms with E-state index < -0.39 is 0 Å². The van der Waals surface area contributed by atoms with Crippen molar-refractivity contribution in [3.05, 3.63) is 46.2 Å². The van der Waals surface area contributed by atoms with Gasteiger partial charge in [0.2, 0.25) is 17.0 Å². The SMILES string of the molecule is CC(C)CN(Cc1cnc(Cl)nc1Oc1ccc2c(ccc3sc4c(c32)NC[C@@H](C)NC4=O)n1)CC(C)C. The van der Waals surface area contributed by atoms with Gasteiger partial charge in [0.05, 0.1) is 11.2 Å². The molecule has 2 N–H and O–H groups in total. The van der Waals surface area contributed by atoms with E-state index in [1.165, 1.54) is 11.3 Å². The van der Waals surface area contributed by atoms with Gasteiger partial charge in [-0.15, -0.1) is 11.3 Å². The minimum absolute atomic E-state index is 0.0445. The van der Waals surface area contributed by atoms with Crippen LogP contribution < -0.4 is 15.4 Å². The number of carbonyl (C=O) groups is 1. The van der Waals surface area contributed by atoms with Gasteiger partial charge in [-0.25, -0.2) is 9.97 Å². The third-order valence-electron chi connectivity index (χ3n) is 6.30. The van der Waals surface area contributed by atoms with E-state index in [2.05, 4.69) is 53.2 Å². The summed E-state index contributed by atoms with van der Waals surface area (Å²) >= 11 is 7.66. The summed E-state index contributed by atoms with van der Waals surface area (Å²) in [6, 6.07) is 7.85. The van der Waals surface area contributed by atoms with Crippen molar-refractivity contribution < 1.29 is 9.53 Å². The van der Waals surface area contributed by atoms with Crippen molar-refractivity contribution in [3.8, 4) is 11.8 Å². The number of nitrogens with zero attached hydrogens (tertiary/aromatic N) is 4. The van der Waals surface area contributed by atoms with E-state index in [0.717, 1.165) is 45.3 Å². The molecule has 0 saturated carbocycles. The van der Waals surface area contributed by atoms with Gasteiger partial charge in [0.15, 0.2) is 0 Å². The zero-order valence-corrected chi connectivity index (χ0v) is 23.9. The lowest BCUT2D eigenvalue weighted by Gasteiger charge is -2.26. The third-order valence-corrected chi connectivity index (χ3v) is 7.64. The van der Waals surface area contributed by atoms with Crippen molar-refractivity contribution in [1.82, 2.24) is 25.2 Å². The summed E-state index contributed by atoms with van der Waals surface area (Å²) in [5.74, 6) is 1.85. The second-order valence-corrected chi connectivity index (χ2v) is 12.2. The highest BCUT2D eigenvalue weighted by atomic mass is 35.5. The number of carbonyl (C=O) groups excluding carboxylic acids is 1. The topological polar surface area (TPSA) is 92.3 Å². The van der Waals surface area contributed by atoms with Crippen LogP contribution in [-0.2, 0) is 6.54 Å². The van der Waals surface area contributed by atoms with Crippen LogP contribution in [0.2, 0.25) is 5.28 Å². The van der Waals surface area contributed by atoms with E-state index in [1.54, 1.807) is 6.20 Å². The smallest absolute Gasteiger partial charge is 0.263 e. The number of nitrogens with one attached hydrogen (secondary N) is 2. The number of hydrogen-bond acceptors (Lipinski definition) is 8. The molecule has 0 saturated heterocycles. The zero-order valence-electron chi connectivity index (χ0n) is 22.3. The van der Waals surface area contributed by atoms with Gasteiger partial charge in [-0.1, -0.05) is 27.7 Å². The molecule has 1 aromatic carbocycles. The Bertz CT molecular complexity index is 1480. The molecular formula is C28H33ClN6O2S. The van der Waals surface area contributed by atoms with Gasteiger partial charge in [0.25, 0.3) is 5.91 Å². The highest BCUT2D eigenvalue weighted by Crippen LogP contribution is 2.41. The number of halogens is 1. The fraction of sp³-hybridized carbons (Fsp3) is 0.429. The minimum atomic E-state index is -0.0445. The molecule has 10 heteroatoms. The Morgan fingerprint density at radius 1 is 1.13 bits per heavy atom. The van der Waals surface area contributed by atoms with E-state index >= 15 is 0 Å². The molecule has 4 aromatic rings. The number of anilines is 1. The maximum Gasteiger partial charge on any atom is 0.263 e. The zero-order chi connectivity index (χ0) is 27.0. The van der Waals surface area contributed by atoms with Crippen LogP contribution >= 0.6 is 22.9 Å². The summed E-state index contributed by atoms with van der Waals surface area (Å²) in [5.41, 5.74) is 2.51. The van der Waals surface area contributed by atoms with Gasteiger partial charge >= 0.3 is 0 Å². The van der Waals surface area contributed by atoms with Crippen LogP contribution in [-0.4, -0.2) is 51.4 Å². The molecule has 38 heavy (non-hydrogen) atoms. The lowest BCUT2D eigenvalue weighted by molar-refractivity contribution is 0.0949. The van der Waals surface area contributed by atoms with Crippen LogP contribution in [0.3, 0.4) is 0 Å². The first-order valence-corrected chi connectivity index (χ1v) is 14.2. The molecule has 4 heterocycles. The number of aromatic nitrogens is 3. The van der Waals surface area contributed by atoms with Crippen molar-refractivity contribution >= 4 is 55.5 Å². The standard InChI is InChI=1S/C28H33ClN6O2S/c1-15(2)12-35(13-16(3)4)14-18-11-31-28(29)34-27(18)37-22-9-6-19-20(33-22)7-8-21-23(19)24-25(38-21)26(36)32-17(5)10-30-24/h6-9,11,15-17,30H,10,12-14H2,1-5H3,(H,32,36)/t17-/m1/s1. The van der Waals surface area contributed by atoms with Crippen LogP contribution in [0.5, 0.6) is 11.8 Å². The van der Waals surface area contributed by atoms with Crippen molar-refractivity contribution in [2.24, 2.45) is 11.8 Å². The monoisotopic (exact) mass is 552 g/mol. The second kappa shape index (κ2) is 11.0. The van der Waals surface area contributed by atoms with Gasteiger partial charge in [-0.05, 0) is 48.6 Å². The maximum absolute atomic E-state index is 12.7. The second-order valence-electron chi connectivity index (χ2n) is 10.8. The predicted molar refractivity (Wildman–Crippen MR) is 155 cm³/mol. The number of ether oxygens (including phenoxy) is 1. The number of thiophene rings is 1. The van der Waals surface area contributed by atoms with Crippen molar-refractivity contribution in [2.75, 3.05) is 25.0 Å². The van der Waals surface area contributed by atoms with E-state index in [0.29, 0.717) is 41.6 Å². The fourth-order valence-corrected chi connectivity index (χ4v) is 6.13. The van der Waals surface area contributed by atoms with Gasteiger partial charge in [-0.2, -0.15) is 4.98 Å². The Kier molecular flexibility index (Phi) is 7.70. The normalized spacial score (nSPS) is 15.7. The summed E-state index contributed by atoms with van der Waals surface area (Å²) in [5, 5.41) is 8.60. The third kappa shape index (κ3) is 5.70. The van der Waals surface area contributed by atoms with Crippen molar-refractivity contribution in [2.45, 2.75) is 47.2 Å². The molecule has 0 spiro atoms. The minimum Gasteiger partial charge on any atom is -0.420 e. The first-order valence-electron chi connectivity index (χ1n) is 13.0. The summed E-state index contributed by atoms with van der Waals surface area (Å²) in [6.07, 6.45) is 1.74. The summed E-state index contributed by atoms with van der Waals surface area (Å²) in [7, 11) is 0. The number of rotatable bonds is 8. The quantitative estimate of drug-likeness (QED) is 0.246. The number of amides is 1. The molecule has 1 amide bonds. The average Bonchev–Trinajstić information content (AvgIpc) is 3.16. The fourth-order valence-electron chi connectivity index (χ4n) is 4.91. The number of pyridine rings is 1. The highest BCUT2D eigenvalue weighted by molar-refractivity contribution is 7.21. The van der Waals surface area contributed by atoms with Crippen molar-refractivity contribution in [3.63, 3.8) is 0 Å². The Balaban J connectivity index is 1.48. The first-order chi connectivity index (χ1) is 18.2. The Morgan fingerprint density at radius 2 is 1.89 bits per heavy atom. The molecule has 0 fully saturated rings. The molecule has 0 unspecified atom stereocenters. The first kappa shape index (κ1) is 26.6. The Labute approximate surface area is 231 Å². The van der Waals surface area contributed by atoms with Gasteiger partial charge in [0.1, 0.15) is 4.88 Å². The van der Waals surface area contributed by atoms with Crippen LogP contribution in [0, 0.1) is 11.8 Å². The van der Waals surface area contributed by atoms with E-state index in [4.69, 9.17) is 21.3 Å². The predicted octanol–water partition coefficient (Wildman–Crippen LogP) is 6.34. The van der Waals surface area contributed by atoms with Crippen LogP contribution in [0.1, 0.15) is 49.9 Å². The summed E-state index contributed by atoms with van der Waals surface area (Å²) < 4.78 is 7.25. The summed E-state index contributed by atoms with van der Waals surface area (Å²) in [4.78, 5) is 29.2. The molecule has 200 valence electrons. The van der Waals surface area contributed by atoms with Crippen LogP contribution in [0.4, 0.5) is 5.69 Å². The Morgan fingerprint density at radius 3 is 2.63 bits per heavy atom. The lowest BCUT2D eigenvalue weighted by Crippen LogP contribution is -2.34. The molecule has 1 aliphatic rings. The molecule has 0 bridgehead atoms. The van der Waals surface area contributed by atoms with Gasteiger partial charge in [0, 0.05) is 65.5 Å². The van der Waals surface area contributed by atoms with Gasteiger partial charge in [-0.3, -0.25) is 9.69 Å². The lowest BCUT2D eigenvalue weighted by atomic mass is 10.1. The van der Waals surface area contributed by atoms with Crippen molar-refractivity contribution in [1.29, 1.82) is 0 Å². The molecule has 0 radical (unpaired) electrons. The van der Waals surface area contributed by atoms with E-state index in [1.807, 2.05) is 31.2 Å². The number of benzene rings is 1. The Hall–Kier alpha value is -3.01. The maximum atomic E-state index is 12.7. The molecule has 1 atom stereocenters. The largest absolute Gasteiger partial charge is 0.420 e. The van der Waals surface area contributed by atoms with Crippen LogP contribution in [0.25, 0.3) is 21.0 Å². The number of fused-ring (bicyclic) bond motifs is 5. The van der Waals surface area contributed by atoms with Gasteiger partial charge < -0.3 is 15.4 Å². The molecular weight excluding hydrogens is 520 g/mol. The number of hydrogen-bond donors (Lipinski definition) is 2. The summed E-state index contributed by atoms with van der Waals surface area (Å²) in [6.45, 7) is 14.1. The molecule has 3 aromatic heterocycles. The molecule has 8 nitrogen and oxygen atoms in total. The molecule has 1 aliphatic heterocycles. The molecule has 5 rings (SSSR count). The highest BCUT2D eigenvalue weighted by Gasteiger charge is 2.25. The van der Waals surface area contributed by atoms with Crippen LogP contribution in [0.15, 0.2) is 30.5 Å². The molecule has 0 aliphatic carbocycles.